The van der Waals surface area contributed by atoms with Gasteiger partial charge in [-0.25, -0.2) is 4.98 Å². The molecule has 1 aliphatic heterocycles. The van der Waals surface area contributed by atoms with E-state index in [1.165, 1.54) is 0 Å². The molecule has 4 nitrogen and oxygen atoms in total. The van der Waals surface area contributed by atoms with Crippen LogP contribution in [0.3, 0.4) is 0 Å². The second kappa shape index (κ2) is 5.97. The van der Waals surface area contributed by atoms with Gasteiger partial charge in [-0.3, -0.25) is 0 Å². The molecule has 2 rings (SSSR count). The molecule has 6 heteroatoms. The fraction of sp³-hybridized carbons (Fsp3) is 0.667. The van der Waals surface area contributed by atoms with Crippen molar-refractivity contribution in [3.8, 4) is 0 Å². The molecule has 100 valence electrons. The molecule has 0 bridgehead atoms. The fourth-order valence-corrected chi connectivity index (χ4v) is 3.33. The Hall–Kier alpha value is -0.680. The molecule has 18 heavy (non-hydrogen) atoms. The molecule has 0 aliphatic carbocycles. The molecule has 2 unspecified atom stereocenters. The van der Waals surface area contributed by atoms with Crippen LogP contribution in [0.25, 0.3) is 0 Å². The minimum absolute atomic E-state index is 0.436. The van der Waals surface area contributed by atoms with Crippen molar-refractivity contribution in [1.29, 1.82) is 0 Å². The van der Waals surface area contributed by atoms with Gasteiger partial charge < -0.3 is 10.2 Å². The van der Waals surface area contributed by atoms with Gasteiger partial charge >= 0.3 is 0 Å². The number of nitrogens with zero attached hydrogens (tertiary/aromatic N) is 3. The van der Waals surface area contributed by atoms with Crippen LogP contribution in [0.1, 0.15) is 20.8 Å². The zero-order chi connectivity index (χ0) is 13.1. The largest absolute Gasteiger partial charge is 0.354 e. The molecule has 1 aliphatic rings. The Bertz CT molecular complexity index is 415. The number of anilines is 2. The van der Waals surface area contributed by atoms with Gasteiger partial charge in [0.25, 0.3) is 0 Å². The van der Waals surface area contributed by atoms with Crippen LogP contribution in [-0.4, -0.2) is 40.1 Å². The normalized spacial score (nSPS) is 24.1. The predicted molar refractivity (Wildman–Crippen MR) is 79.9 cm³/mol. The van der Waals surface area contributed by atoms with Crippen LogP contribution in [0.15, 0.2) is 6.20 Å². The van der Waals surface area contributed by atoms with Crippen LogP contribution in [0.2, 0.25) is 5.02 Å². The summed E-state index contributed by atoms with van der Waals surface area (Å²) in [6.45, 7) is 8.30. The van der Waals surface area contributed by atoms with Crippen LogP contribution in [-0.2, 0) is 0 Å². The van der Waals surface area contributed by atoms with Gasteiger partial charge in [-0.05, 0) is 13.8 Å². The first-order valence-electron chi connectivity index (χ1n) is 6.28. The van der Waals surface area contributed by atoms with Crippen molar-refractivity contribution in [3.63, 3.8) is 0 Å². The van der Waals surface area contributed by atoms with Gasteiger partial charge in [-0.15, -0.1) is 0 Å². The highest BCUT2D eigenvalue weighted by atomic mass is 35.5. The lowest BCUT2D eigenvalue weighted by atomic mass is 10.2. The van der Waals surface area contributed by atoms with Crippen LogP contribution >= 0.6 is 23.4 Å². The summed E-state index contributed by atoms with van der Waals surface area (Å²) in [7, 11) is 0. The first-order chi connectivity index (χ1) is 8.63. The van der Waals surface area contributed by atoms with Crippen molar-refractivity contribution in [1.82, 2.24) is 9.97 Å². The van der Waals surface area contributed by atoms with Crippen molar-refractivity contribution in [2.24, 2.45) is 0 Å². The average Bonchev–Trinajstić information content (AvgIpc) is 2.36. The Labute approximate surface area is 118 Å². The monoisotopic (exact) mass is 286 g/mol. The second-order valence-corrected chi connectivity index (χ2v) is 6.30. The van der Waals surface area contributed by atoms with E-state index in [1.54, 1.807) is 6.20 Å². The molecule has 1 aromatic rings. The van der Waals surface area contributed by atoms with Gasteiger partial charge in [0.2, 0.25) is 5.95 Å². The molecular formula is C12H19ClN4S. The molecule has 0 radical (unpaired) electrons. The van der Waals surface area contributed by atoms with E-state index in [4.69, 9.17) is 11.6 Å². The van der Waals surface area contributed by atoms with Crippen molar-refractivity contribution < 1.29 is 0 Å². The van der Waals surface area contributed by atoms with Crippen LogP contribution < -0.4 is 10.2 Å². The standard InChI is InChI=1S/C12H19ClN4S/c1-4-14-12-15-7-10(13)11(16-12)17-5-6-18-9(3)8(17)2/h7-9H,4-6H2,1-3H3,(H,14,15,16). The Kier molecular flexibility index (Phi) is 4.56. The quantitative estimate of drug-likeness (QED) is 0.925. The Morgan fingerprint density at radius 3 is 3.06 bits per heavy atom. The van der Waals surface area contributed by atoms with Gasteiger partial charge in [0, 0.05) is 30.1 Å². The first kappa shape index (κ1) is 13.7. The molecule has 2 atom stereocenters. The van der Waals surface area contributed by atoms with Gasteiger partial charge in [0.15, 0.2) is 5.82 Å². The van der Waals surface area contributed by atoms with E-state index < -0.39 is 0 Å². The van der Waals surface area contributed by atoms with Crippen molar-refractivity contribution in [2.45, 2.75) is 32.1 Å². The lowest BCUT2D eigenvalue weighted by Crippen LogP contribution is -2.45. The highest BCUT2D eigenvalue weighted by Crippen LogP contribution is 2.32. The zero-order valence-corrected chi connectivity index (χ0v) is 12.6. The van der Waals surface area contributed by atoms with E-state index in [1.807, 2.05) is 18.7 Å². The average molecular weight is 287 g/mol. The maximum absolute atomic E-state index is 6.24. The molecule has 0 saturated carbocycles. The summed E-state index contributed by atoms with van der Waals surface area (Å²) in [4.78, 5) is 11.0. The molecule has 0 aromatic carbocycles. The number of aromatic nitrogens is 2. The highest BCUT2D eigenvalue weighted by molar-refractivity contribution is 8.00. The van der Waals surface area contributed by atoms with Gasteiger partial charge in [0.05, 0.1) is 6.20 Å². The summed E-state index contributed by atoms with van der Waals surface area (Å²) in [5.41, 5.74) is 0. The summed E-state index contributed by atoms with van der Waals surface area (Å²) in [6, 6.07) is 0.436. The maximum atomic E-state index is 6.24. The number of nitrogens with one attached hydrogen (secondary N) is 1. The van der Waals surface area contributed by atoms with Gasteiger partial charge in [0.1, 0.15) is 5.02 Å². The molecule has 0 amide bonds. The number of hydrogen-bond donors (Lipinski definition) is 1. The lowest BCUT2D eigenvalue weighted by Gasteiger charge is -2.38. The first-order valence-corrected chi connectivity index (χ1v) is 7.70. The second-order valence-electron chi connectivity index (χ2n) is 4.41. The molecule has 1 aromatic heterocycles. The minimum Gasteiger partial charge on any atom is -0.354 e. The Balaban J connectivity index is 2.27. The Morgan fingerprint density at radius 1 is 1.56 bits per heavy atom. The topological polar surface area (TPSA) is 41.1 Å². The third-order valence-electron chi connectivity index (χ3n) is 3.22. The van der Waals surface area contributed by atoms with Crippen molar-refractivity contribution in [2.75, 3.05) is 29.1 Å². The Morgan fingerprint density at radius 2 is 2.33 bits per heavy atom. The van der Waals surface area contributed by atoms with E-state index in [2.05, 4.69) is 34.0 Å². The van der Waals surface area contributed by atoms with Crippen LogP contribution in [0, 0.1) is 0 Å². The third kappa shape index (κ3) is 2.83. The molecule has 1 saturated heterocycles. The van der Waals surface area contributed by atoms with Crippen LogP contribution in [0.5, 0.6) is 0 Å². The van der Waals surface area contributed by atoms with E-state index in [9.17, 15) is 0 Å². The number of thioether (sulfide) groups is 1. The summed E-state index contributed by atoms with van der Waals surface area (Å²) in [6.07, 6.45) is 1.68. The van der Waals surface area contributed by atoms with E-state index in [0.717, 1.165) is 24.7 Å². The SMILES string of the molecule is CCNc1ncc(Cl)c(N2CCSC(C)C2C)n1. The minimum atomic E-state index is 0.436. The summed E-state index contributed by atoms with van der Waals surface area (Å²) in [5, 5.41) is 4.35. The molecule has 1 fully saturated rings. The maximum Gasteiger partial charge on any atom is 0.224 e. The predicted octanol–water partition coefficient (Wildman–Crippen LogP) is 2.89. The van der Waals surface area contributed by atoms with Crippen molar-refractivity contribution >= 4 is 35.1 Å². The van der Waals surface area contributed by atoms with Crippen LogP contribution in [0.4, 0.5) is 11.8 Å². The number of rotatable bonds is 3. The molecular weight excluding hydrogens is 268 g/mol. The fourth-order valence-electron chi connectivity index (χ4n) is 2.03. The van der Waals surface area contributed by atoms with Gasteiger partial charge in [-0.2, -0.15) is 16.7 Å². The highest BCUT2D eigenvalue weighted by Gasteiger charge is 2.27. The summed E-state index contributed by atoms with van der Waals surface area (Å²) in [5.74, 6) is 2.61. The van der Waals surface area contributed by atoms with E-state index in [-0.39, 0.29) is 0 Å². The lowest BCUT2D eigenvalue weighted by molar-refractivity contribution is 0.620. The van der Waals surface area contributed by atoms with E-state index in [0.29, 0.717) is 22.3 Å². The zero-order valence-electron chi connectivity index (χ0n) is 11.0. The van der Waals surface area contributed by atoms with E-state index >= 15 is 0 Å². The third-order valence-corrected chi connectivity index (χ3v) is 4.82. The van der Waals surface area contributed by atoms with Crippen molar-refractivity contribution in [3.05, 3.63) is 11.2 Å². The molecule has 1 N–H and O–H groups in total. The number of hydrogen-bond acceptors (Lipinski definition) is 5. The number of halogens is 1. The van der Waals surface area contributed by atoms with Gasteiger partial charge in [-0.1, -0.05) is 18.5 Å². The summed E-state index contributed by atoms with van der Waals surface area (Å²) >= 11 is 8.24. The summed E-state index contributed by atoms with van der Waals surface area (Å²) < 4.78 is 0. The molecule has 0 spiro atoms. The molecule has 2 heterocycles. The smallest absolute Gasteiger partial charge is 0.224 e.